The van der Waals surface area contributed by atoms with Crippen molar-refractivity contribution in [1.82, 2.24) is 10.6 Å². The number of nitrogens with two attached hydrogens (primary N) is 2. The lowest BCUT2D eigenvalue weighted by Gasteiger charge is -2.17. The van der Waals surface area contributed by atoms with Crippen LogP contribution in [0.1, 0.15) is 55.3 Å². The fourth-order valence-corrected chi connectivity index (χ4v) is 3.05. The molecule has 30 heavy (non-hydrogen) atoms. The fraction of sp³-hybridized carbons (Fsp3) is 0.273. The number of nitrogens with one attached hydrogen (secondary N) is 2. The summed E-state index contributed by atoms with van der Waals surface area (Å²) in [5.41, 5.74) is 11.6. The number of hydrogen-bond donors (Lipinski definition) is 4. The minimum Gasteiger partial charge on any atom is -0.366 e. The third-order valence-corrected chi connectivity index (χ3v) is 4.73. The second kappa shape index (κ2) is 10.4. The monoisotopic (exact) mass is 410 g/mol. The summed E-state index contributed by atoms with van der Waals surface area (Å²) < 4.78 is 0. The maximum absolute atomic E-state index is 12.6. The first-order chi connectivity index (χ1) is 14.2. The van der Waals surface area contributed by atoms with Crippen LogP contribution in [0.5, 0.6) is 0 Å². The number of benzene rings is 2. The molecule has 0 bridgehead atoms. The number of carbonyl (C=O) groups is 4. The van der Waals surface area contributed by atoms with Gasteiger partial charge in [-0.05, 0) is 26.0 Å². The van der Waals surface area contributed by atoms with E-state index in [1.54, 1.807) is 50.2 Å². The van der Waals surface area contributed by atoms with Gasteiger partial charge >= 0.3 is 0 Å². The molecule has 2 atom stereocenters. The van der Waals surface area contributed by atoms with Gasteiger partial charge < -0.3 is 22.1 Å². The van der Waals surface area contributed by atoms with Crippen LogP contribution in [0, 0.1) is 0 Å². The second-order valence-electron chi connectivity index (χ2n) is 6.90. The second-order valence-corrected chi connectivity index (χ2v) is 6.90. The Bertz CT molecular complexity index is 880. The Labute approximate surface area is 175 Å². The number of rotatable bonds is 11. The zero-order valence-electron chi connectivity index (χ0n) is 17.0. The molecule has 0 aliphatic carbocycles. The van der Waals surface area contributed by atoms with Crippen LogP contribution in [-0.4, -0.2) is 48.6 Å². The van der Waals surface area contributed by atoms with Crippen LogP contribution in [0.2, 0.25) is 0 Å². The third kappa shape index (κ3) is 5.59. The number of primary amides is 2. The van der Waals surface area contributed by atoms with Gasteiger partial charge in [0.05, 0.1) is 12.1 Å². The summed E-state index contributed by atoms with van der Waals surface area (Å²) in [6, 6.07) is 11.7. The predicted molar refractivity (Wildman–Crippen MR) is 114 cm³/mol. The molecule has 8 nitrogen and oxygen atoms in total. The topological polar surface area (TPSA) is 144 Å². The zero-order valence-corrected chi connectivity index (χ0v) is 17.0. The van der Waals surface area contributed by atoms with E-state index < -0.39 is 23.9 Å². The number of hydrogen-bond acceptors (Lipinski definition) is 6. The minimum atomic E-state index is -0.656. The van der Waals surface area contributed by atoms with E-state index in [1.165, 1.54) is 12.1 Å². The molecule has 0 heterocycles. The van der Waals surface area contributed by atoms with Gasteiger partial charge in [-0.25, -0.2) is 0 Å². The van der Waals surface area contributed by atoms with Crippen LogP contribution in [0.25, 0.3) is 0 Å². The predicted octanol–water partition coefficient (Wildman–Crippen LogP) is 0.906. The van der Waals surface area contributed by atoms with Crippen molar-refractivity contribution in [3.8, 4) is 0 Å². The van der Waals surface area contributed by atoms with E-state index >= 15 is 0 Å². The van der Waals surface area contributed by atoms with E-state index in [9.17, 15) is 19.2 Å². The van der Waals surface area contributed by atoms with Crippen LogP contribution in [0.15, 0.2) is 48.5 Å². The van der Waals surface area contributed by atoms with E-state index in [0.29, 0.717) is 13.1 Å². The molecule has 0 aliphatic rings. The van der Waals surface area contributed by atoms with Gasteiger partial charge in [0, 0.05) is 35.3 Å². The van der Waals surface area contributed by atoms with Crippen molar-refractivity contribution in [2.75, 3.05) is 13.1 Å². The first kappa shape index (κ1) is 22.9. The minimum absolute atomic E-state index is 0.182. The maximum Gasteiger partial charge on any atom is 0.249 e. The molecule has 0 fully saturated rings. The smallest absolute Gasteiger partial charge is 0.249 e. The van der Waals surface area contributed by atoms with E-state index in [-0.39, 0.29) is 33.8 Å². The Morgan fingerprint density at radius 1 is 0.667 bits per heavy atom. The number of carbonyl (C=O) groups excluding carboxylic acids is 4. The quantitative estimate of drug-likeness (QED) is 0.320. The average molecular weight is 410 g/mol. The number of Topliss-reactive ketones (excluding diaryl/α,β-unsaturated/α-hetero) is 2. The SMILES string of the molecule is CC(NCCNC(C)C(=O)c1ccccc1C(N)=O)C(=O)c1ccccc1C(N)=O. The summed E-state index contributed by atoms with van der Waals surface area (Å²) >= 11 is 0. The van der Waals surface area contributed by atoms with Gasteiger partial charge in [-0.15, -0.1) is 0 Å². The molecule has 0 saturated carbocycles. The van der Waals surface area contributed by atoms with Crippen LogP contribution in [0.4, 0.5) is 0 Å². The largest absolute Gasteiger partial charge is 0.366 e. The lowest BCUT2D eigenvalue weighted by Crippen LogP contribution is -2.42. The van der Waals surface area contributed by atoms with Crippen molar-refractivity contribution in [2.24, 2.45) is 11.5 Å². The lowest BCUT2D eigenvalue weighted by atomic mass is 9.99. The highest BCUT2D eigenvalue weighted by atomic mass is 16.2. The van der Waals surface area contributed by atoms with Gasteiger partial charge in [0.1, 0.15) is 0 Å². The standard InChI is InChI=1S/C22H26N4O4/c1-13(19(27)15-7-3-5-9-17(15)21(23)29)25-11-12-26-14(2)20(28)16-8-4-6-10-18(16)22(24)30/h3-10,13-14,25-26H,11-12H2,1-2H3,(H2,23,29)(H2,24,30). The lowest BCUT2D eigenvalue weighted by molar-refractivity contribution is 0.0927. The Morgan fingerprint density at radius 2 is 0.967 bits per heavy atom. The van der Waals surface area contributed by atoms with Crippen molar-refractivity contribution in [3.63, 3.8) is 0 Å². The molecule has 0 saturated heterocycles. The highest BCUT2D eigenvalue weighted by Gasteiger charge is 2.21. The molecule has 2 aromatic rings. The van der Waals surface area contributed by atoms with Crippen molar-refractivity contribution in [3.05, 3.63) is 70.8 Å². The molecule has 2 amide bonds. The van der Waals surface area contributed by atoms with E-state index in [0.717, 1.165) is 0 Å². The van der Waals surface area contributed by atoms with E-state index in [1.807, 2.05) is 0 Å². The third-order valence-electron chi connectivity index (χ3n) is 4.73. The van der Waals surface area contributed by atoms with Gasteiger partial charge in [0.15, 0.2) is 11.6 Å². The number of amides is 2. The highest BCUT2D eigenvalue weighted by Crippen LogP contribution is 2.12. The summed E-state index contributed by atoms with van der Waals surface area (Å²) in [6.45, 7) is 4.19. The normalized spacial score (nSPS) is 12.7. The molecular formula is C22H26N4O4. The summed E-state index contributed by atoms with van der Waals surface area (Å²) in [7, 11) is 0. The summed E-state index contributed by atoms with van der Waals surface area (Å²) in [4.78, 5) is 48.2. The maximum atomic E-state index is 12.6. The van der Waals surface area contributed by atoms with Gasteiger partial charge in [0.25, 0.3) is 0 Å². The van der Waals surface area contributed by atoms with Gasteiger partial charge in [0.2, 0.25) is 11.8 Å². The van der Waals surface area contributed by atoms with Crippen molar-refractivity contribution in [1.29, 1.82) is 0 Å². The van der Waals surface area contributed by atoms with Crippen LogP contribution in [-0.2, 0) is 0 Å². The molecule has 2 rings (SSSR count). The number of ketones is 2. The molecule has 0 aliphatic heterocycles. The van der Waals surface area contributed by atoms with Gasteiger partial charge in [-0.2, -0.15) is 0 Å². The first-order valence-electron chi connectivity index (χ1n) is 9.57. The van der Waals surface area contributed by atoms with E-state index in [4.69, 9.17) is 11.5 Å². The van der Waals surface area contributed by atoms with E-state index in [2.05, 4.69) is 10.6 Å². The van der Waals surface area contributed by atoms with Crippen molar-refractivity contribution >= 4 is 23.4 Å². The Balaban J connectivity index is 1.89. The summed E-state index contributed by atoms with van der Waals surface area (Å²) in [5.74, 6) is -1.80. The Hall–Kier alpha value is -3.36. The van der Waals surface area contributed by atoms with Crippen molar-refractivity contribution in [2.45, 2.75) is 25.9 Å². The van der Waals surface area contributed by atoms with Crippen molar-refractivity contribution < 1.29 is 19.2 Å². The highest BCUT2D eigenvalue weighted by molar-refractivity contribution is 6.10. The fourth-order valence-electron chi connectivity index (χ4n) is 3.05. The van der Waals surface area contributed by atoms with Gasteiger partial charge in [-0.1, -0.05) is 36.4 Å². The molecule has 6 N–H and O–H groups in total. The molecule has 0 spiro atoms. The first-order valence-corrected chi connectivity index (χ1v) is 9.57. The van der Waals surface area contributed by atoms with Crippen LogP contribution < -0.4 is 22.1 Å². The van der Waals surface area contributed by atoms with Crippen LogP contribution in [0.3, 0.4) is 0 Å². The average Bonchev–Trinajstić information content (AvgIpc) is 2.75. The molecule has 158 valence electrons. The Morgan fingerprint density at radius 3 is 1.27 bits per heavy atom. The van der Waals surface area contributed by atoms with Gasteiger partial charge in [-0.3, -0.25) is 19.2 Å². The zero-order chi connectivity index (χ0) is 22.3. The summed E-state index contributed by atoms with van der Waals surface area (Å²) in [5, 5.41) is 6.12. The molecule has 0 aromatic heterocycles. The molecule has 0 radical (unpaired) electrons. The molecule has 8 heteroatoms. The summed E-state index contributed by atoms with van der Waals surface area (Å²) in [6.07, 6.45) is 0. The van der Waals surface area contributed by atoms with Crippen LogP contribution >= 0.6 is 0 Å². The molecular weight excluding hydrogens is 384 g/mol. The Kier molecular flexibility index (Phi) is 7.97. The molecule has 2 unspecified atom stereocenters. The molecule has 2 aromatic carbocycles.